The highest BCUT2D eigenvalue weighted by Crippen LogP contribution is 2.38. The van der Waals surface area contributed by atoms with E-state index in [9.17, 15) is 18.0 Å². The van der Waals surface area contributed by atoms with Crippen LogP contribution in [0, 0.1) is 0 Å². The van der Waals surface area contributed by atoms with Crippen LogP contribution in [-0.2, 0) is 14.8 Å². The quantitative estimate of drug-likeness (QED) is 0.488. The number of aromatic amines is 1. The number of sulfonamides is 1. The maximum absolute atomic E-state index is 12.6. The van der Waals surface area contributed by atoms with Gasteiger partial charge in [-0.05, 0) is 48.9 Å². The zero-order valence-electron chi connectivity index (χ0n) is 16.9. The van der Waals surface area contributed by atoms with Crippen molar-refractivity contribution in [3.8, 4) is 0 Å². The summed E-state index contributed by atoms with van der Waals surface area (Å²) in [7, 11) is -3.72. The van der Waals surface area contributed by atoms with Crippen molar-refractivity contribution < 1.29 is 18.3 Å². The Hall–Kier alpha value is -2.75. The van der Waals surface area contributed by atoms with E-state index in [0.29, 0.717) is 24.5 Å². The van der Waals surface area contributed by atoms with Gasteiger partial charge < -0.3 is 15.4 Å². The van der Waals surface area contributed by atoms with Crippen molar-refractivity contribution in [2.75, 3.05) is 13.2 Å². The number of pyridine rings is 1. The lowest BCUT2D eigenvalue weighted by Crippen LogP contribution is -2.26. The van der Waals surface area contributed by atoms with Crippen molar-refractivity contribution in [2.45, 2.75) is 42.5 Å². The van der Waals surface area contributed by atoms with E-state index in [4.69, 9.17) is 5.11 Å². The van der Waals surface area contributed by atoms with E-state index in [0.717, 1.165) is 29.5 Å². The number of aromatic nitrogens is 1. The molecule has 8 nitrogen and oxygen atoms in total. The number of aliphatic hydroxyl groups is 1. The number of aliphatic hydroxyl groups excluding tert-OH is 1. The number of carbonyl (C=O) groups excluding carboxylic acids is 1. The third kappa shape index (κ3) is 4.95. The van der Waals surface area contributed by atoms with Crippen molar-refractivity contribution in [2.24, 2.45) is 0 Å². The minimum atomic E-state index is -3.72. The smallest absolute Gasteiger partial charge is 0.251 e. The lowest BCUT2D eigenvalue weighted by atomic mass is 9.98. The predicted octanol–water partition coefficient (Wildman–Crippen LogP) is 1.23. The molecule has 1 saturated carbocycles. The summed E-state index contributed by atoms with van der Waals surface area (Å²) in [6.45, 7) is -0.354. The Morgan fingerprint density at radius 1 is 1.10 bits per heavy atom. The monoisotopic (exact) mass is 443 g/mol. The van der Waals surface area contributed by atoms with Crippen molar-refractivity contribution in [1.29, 1.82) is 0 Å². The van der Waals surface area contributed by atoms with Crippen LogP contribution < -0.4 is 15.6 Å². The summed E-state index contributed by atoms with van der Waals surface area (Å²) in [6, 6.07) is 9.85. The molecule has 0 bridgehead atoms. The van der Waals surface area contributed by atoms with Crippen LogP contribution in [0.15, 0.2) is 52.2 Å². The second-order valence-corrected chi connectivity index (χ2v) is 9.64. The van der Waals surface area contributed by atoms with E-state index in [2.05, 4.69) is 15.0 Å². The lowest BCUT2D eigenvalue weighted by Gasteiger charge is -2.13. The molecule has 1 aliphatic carbocycles. The number of rotatable bonds is 8. The molecule has 1 saturated heterocycles. The van der Waals surface area contributed by atoms with Gasteiger partial charge in [-0.3, -0.25) is 9.59 Å². The Morgan fingerprint density at radius 3 is 2.42 bits per heavy atom. The number of amides is 1. The van der Waals surface area contributed by atoms with Gasteiger partial charge in [-0.15, -0.1) is 0 Å². The van der Waals surface area contributed by atoms with Crippen molar-refractivity contribution in [1.82, 2.24) is 15.0 Å². The van der Waals surface area contributed by atoms with Crippen LogP contribution in [0.4, 0.5) is 0 Å². The fraction of sp³-hybridized carbons (Fsp3) is 0.364. The molecule has 4 N–H and O–H groups in total. The maximum atomic E-state index is 12.6. The van der Waals surface area contributed by atoms with Gasteiger partial charge in [0.2, 0.25) is 15.9 Å². The molecule has 164 valence electrons. The Labute approximate surface area is 180 Å². The zero-order chi connectivity index (χ0) is 22.0. The minimum absolute atomic E-state index is 0.0189. The van der Waals surface area contributed by atoms with Crippen LogP contribution >= 0.6 is 0 Å². The largest absolute Gasteiger partial charge is 0.395 e. The van der Waals surface area contributed by atoms with Gasteiger partial charge in [0.25, 0.3) is 5.56 Å². The maximum Gasteiger partial charge on any atom is 0.251 e. The van der Waals surface area contributed by atoms with E-state index in [1.807, 2.05) is 18.2 Å². The SMILES string of the molecule is O=C1CC[C@H](/C=C(\c2ccc(S(=O)(=O)NCCO)cc2)c2ccc(C3CC3)c(=O)[nH]2)N1. The average molecular weight is 444 g/mol. The highest BCUT2D eigenvalue weighted by molar-refractivity contribution is 7.89. The normalized spacial score (nSPS) is 19.5. The van der Waals surface area contributed by atoms with Crippen molar-refractivity contribution >= 4 is 21.5 Å². The Kier molecular flexibility index (Phi) is 6.08. The molecule has 2 fully saturated rings. The number of H-pyrrole nitrogens is 1. The van der Waals surface area contributed by atoms with E-state index in [-0.39, 0.29) is 35.6 Å². The number of carbonyl (C=O) groups is 1. The molecule has 1 amide bonds. The molecule has 1 aliphatic heterocycles. The second kappa shape index (κ2) is 8.78. The lowest BCUT2D eigenvalue weighted by molar-refractivity contribution is -0.119. The summed E-state index contributed by atoms with van der Waals surface area (Å²) in [5.41, 5.74) is 2.72. The van der Waals surface area contributed by atoms with Gasteiger partial charge in [0, 0.05) is 35.8 Å². The first-order valence-corrected chi connectivity index (χ1v) is 11.8. The van der Waals surface area contributed by atoms with Crippen LogP contribution in [0.3, 0.4) is 0 Å². The molecule has 31 heavy (non-hydrogen) atoms. The van der Waals surface area contributed by atoms with Crippen LogP contribution in [0.2, 0.25) is 0 Å². The van der Waals surface area contributed by atoms with Gasteiger partial charge in [0.15, 0.2) is 0 Å². The highest BCUT2D eigenvalue weighted by Gasteiger charge is 2.27. The first-order valence-electron chi connectivity index (χ1n) is 10.3. The van der Waals surface area contributed by atoms with Gasteiger partial charge in [0.1, 0.15) is 0 Å². The average Bonchev–Trinajstić information content (AvgIpc) is 3.51. The highest BCUT2D eigenvalue weighted by atomic mass is 32.2. The van der Waals surface area contributed by atoms with E-state index >= 15 is 0 Å². The molecule has 1 aromatic carbocycles. The Balaban J connectivity index is 1.69. The fourth-order valence-corrected chi connectivity index (χ4v) is 4.76. The van der Waals surface area contributed by atoms with Crippen molar-refractivity contribution in [3.05, 3.63) is 69.6 Å². The van der Waals surface area contributed by atoms with Gasteiger partial charge >= 0.3 is 0 Å². The molecule has 9 heteroatoms. The summed E-state index contributed by atoms with van der Waals surface area (Å²) in [6.07, 6.45) is 5.06. The number of benzene rings is 1. The summed E-state index contributed by atoms with van der Waals surface area (Å²) >= 11 is 0. The molecule has 4 rings (SSSR count). The van der Waals surface area contributed by atoms with Gasteiger partial charge in [-0.2, -0.15) is 0 Å². The first kappa shape index (κ1) is 21.5. The number of nitrogens with one attached hydrogen (secondary N) is 3. The van der Waals surface area contributed by atoms with Crippen LogP contribution in [0.25, 0.3) is 5.57 Å². The van der Waals surface area contributed by atoms with Crippen LogP contribution in [0.1, 0.15) is 48.4 Å². The standard InChI is InChI=1S/C22H25N3O5S/c26-12-11-23-31(29,30)17-6-3-15(4-7-17)19(13-16-5-10-21(27)24-16)20-9-8-18(14-1-2-14)22(28)25-20/h3-4,6-9,13-14,16,23,26H,1-2,5,10-12H2,(H,24,27)(H,25,28)/b19-13+/t16-/m1/s1. The third-order valence-electron chi connectivity index (χ3n) is 5.52. The zero-order valence-corrected chi connectivity index (χ0v) is 17.7. The van der Waals surface area contributed by atoms with Gasteiger partial charge in [-0.25, -0.2) is 13.1 Å². The molecule has 1 atom stereocenters. The Morgan fingerprint density at radius 2 is 1.84 bits per heavy atom. The molecule has 0 spiro atoms. The molecule has 2 aliphatic rings. The Bertz CT molecular complexity index is 1160. The topological polar surface area (TPSA) is 128 Å². The molecule has 1 aromatic heterocycles. The van der Waals surface area contributed by atoms with Crippen molar-refractivity contribution in [3.63, 3.8) is 0 Å². The van der Waals surface area contributed by atoms with E-state index in [1.54, 1.807) is 12.1 Å². The molecular formula is C22H25N3O5S. The second-order valence-electron chi connectivity index (χ2n) is 7.87. The van der Waals surface area contributed by atoms with Crippen LogP contribution in [-0.4, -0.2) is 43.6 Å². The summed E-state index contributed by atoms with van der Waals surface area (Å²) in [4.78, 5) is 27.3. The molecule has 0 unspecified atom stereocenters. The van der Waals surface area contributed by atoms with Gasteiger partial charge in [0.05, 0.1) is 11.5 Å². The third-order valence-corrected chi connectivity index (χ3v) is 7.00. The first-order chi connectivity index (χ1) is 14.9. The number of hydrogen-bond donors (Lipinski definition) is 4. The summed E-state index contributed by atoms with van der Waals surface area (Å²) < 4.78 is 26.9. The molecule has 2 heterocycles. The summed E-state index contributed by atoms with van der Waals surface area (Å²) in [5.74, 6) is 0.310. The fourth-order valence-electron chi connectivity index (χ4n) is 3.74. The molecule has 0 radical (unpaired) electrons. The summed E-state index contributed by atoms with van der Waals surface area (Å²) in [5, 5.41) is 11.8. The van der Waals surface area contributed by atoms with E-state index < -0.39 is 10.0 Å². The van der Waals surface area contributed by atoms with E-state index in [1.165, 1.54) is 12.1 Å². The molecule has 2 aromatic rings. The van der Waals surface area contributed by atoms with Gasteiger partial charge in [-0.1, -0.05) is 24.3 Å². The predicted molar refractivity (Wildman–Crippen MR) is 116 cm³/mol. The molecular weight excluding hydrogens is 418 g/mol. The van der Waals surface area contributed by atoms with Crippen LogP contribution in [0.5, 0.6) is 0 Å². The minimum Gasteiger partial charge on any atom is -0.395 e. The number of hydrogen-bond acceptors (Lipinski definition) is 5.